The van der Waals surface area contributed by atoms with Gasteiger partial charge in [0, 0.05) is 17.3 Å². The van der Waals surface area contributed by atoms with Gasteiger partial charge in [-0.1, -0.05) is 32.5 Å². The third-order valence-corrected chi connectivity index (χ3v) is 4.48. The third-order valence-electron chi connectivity index (χ3n) is 3.22. The summed E-state index contributed by atoms with van der Waals surface area (Å²) < 4.78 is 0. The summed E-state index contributed by atoms with van der Waals surface area (Å²) in [5.41, 5.74) is 0.265. The molecule has 0 aromatic rings. The summed E-state index contributed by atoms with van der Waals surface area (Å²) >= 11 is 1.88. The molecule has 0 aromatic carbocycles. The summed E-state index contributed by atoms with van der Waals surface area (Å²) in [4.78, 5) is 4.76. The van der Waals surface area contributed by atoms with Gasteiger partial charge in [0.2, 0.25) is 0 Å². The maximum Gasteiger partial charge on any atom is 0.157 e. The van der Waals surface area contributed by atoms with Crippen LogP contribution in [-0.2, 0) is 0 Å². The molecule has 1 heterocycles. The molecule has 16 heavy (non-hydrogen) atoms. The molecule has 0 aliphatic carbocycles. The minimum absolute atomic E-state index is 0.265. The molecule has 1 aliphatic heterocycles. The molecular formula is C13H26N2S. The van der Waals surface area contributed by atoms with Crippen molar-refractivity contribution < 1.29 is 0 Å². The van der Waals surface area contributed by atoms with E-state index in [0.717, 1.165) is 16.8 Å². The van der Waals surface area contributed by atoms with Crippen LogP contribution >= 0.6 is 11.8 Å². The van der Waals surface area contributed by atoms with Crippen LogP contribution in [0.5, 0.6) is 0 Å². The SMILES string of the molecule is CCC1(C)CSC(=NC(C)CCC(C)C)N1. The number of hydrogen-bond donors (Lipinski definition) is 1. The van der Waals surface area contributed by atoms with E-state index in [-0.39, 0.29) is 5.54 Å². The highest BCUT2D eigenvalue weighted by atomic mass is 32.2. The molecule has 0 bridgehead atoms. The fraction of sp³-hybridized carbons (Fsp3) is 0.923. The molecule has 94 valence electrons. The number of amidine groups is 1. The standard InChI is InChI=1S/C13H26N2S/c1-6-13(5)9-16-12(15-13)14-11(4)8-7-10(2)3/h10-11H,6-9H2,1-5H3,(H,14,15). The van der Waals surface area contributed by atoms with Crippen LogP contribution in [-0.4, -0.2) is 22.5 Å². The van der Waals surface area contributed by atoms with Crippen LogP contribution in [0, 0.1) is 5.92 Å². The monoisotopic (exact) mass is 242 g/mol. The molecule has 1 saturated heterocycles. The second-order valence-electron chi connectivity index (χ2n) is 5.58. The molecule has 0 radical (unpaired) electrons. The summed E-state index contributed by atoms with van der Waals surface area (Å²) in [5.74, 6) is 1.94. The van der Waals surface area contributed by atoms with Crippen LogP contribution in [0.1, 0.15) is 53.9 Å². The first-order chi connectivity index (χ1) is 7.45. The summed E-state index contributed by atoms with van der Waals surface area (Å²) in [6, 6.07) is 0.455. The van der Waals surface area contributed by atoms with Crippen molar-refractivity contribution in [1.82, 2.24) is 5.32 Å². The van der Waals surface area contributed by atoms with E-state index in [9.17, 15) is 0 Å². The van der Waals surface area contributed by atoms with Crippen molar-refractivity contribution in [2.24, 2.45) is 10.9 Å². The predicted molar refractivity (Wildman–Crippen MR) is 75.3 cm³/mol. The third kappa shape index (κ3) is 4.36. The Morgan fingerprint density at radius 3 is 2.56 bits per heavy atom. The fourth-order valence-corrected chi connectivity index (χ4v) is 2.96. The van der Waals surface area contributed by atoms with Gasteiger partial charge in [0.1, 0.15) is 0 Å². The van der Waals surface area contributed by atoms with E-state index in [0.29, 0.717) is 6.04 Å². The highest BCUT2D eigenvalue weighted by Gasteiger charge is 2.30. The van der Waals surface area contributed by atoms with Gasteiger partial charge in [0.25, 0.3) is 0 Å². The Morgan fingerprint density at radius 1 is 1.38 bits per heavy atom. The van der Waals surface area contributed by atoms with Crippen molar-refractivity contribution in [2.45, 2.75) is 65.5 Å². The van der Waals surface area contributed by atoms with Gasteiger partial charge in [-0.15, -0.1) is 0 Å². The summed E-state index contributed by atoms with van der Waals surface area (Å²) in [6.45, 7) is 11.3. The average molecular weight is 242 g/mol. The molecule has 0 spiro atoms. The quantitative estimate of drug-likeness (QED) is 0.795. The first-order valence-corrected chi connectivity index (χ1v) is 7.42. The number of nitrogens with zero attached hydrogens (tertiary/aromatic N) is 1. The van der Waals surface area contributed by atoms with E-state index in [1.165, 1.54) is 19.3 Å². The first-order valence-electron chi connectivity index (χ1n) is 6.44. The van der Waals surface area contributed by atoms with Crippen LogP contribution in [0.25, 0.3) is 0 Å². The summed E-state index contributed by atoms with van der Waals surface area (Å²) in [6.07, 6.45) is 3.64. The van der Waals surface area contributed by atoms with Crippen molar-refractivity contribution in [3.05, 3.63) is 0 Å². The molecule has 3 heteroatoms. The van der Waals surface area contributed by atoms with Crippen molar-refractivity contribution >= 4 is 16.9 Å². The van der Waals surface area contributed by atoms with Gasteiger partial charge in [0.05, 0.1) is 0 Å². The number of nitrogens with one attached hydrogen (secondary N) is 1. The zero-order chi connectivity index (χ0) is 12.2. The van der Waals surface area contributed by atoms with Crippen molar-refractivity contribution in [3.63, 3.8) is 0 Å². The minimum atomic E-state index is 0.265. The topological polar surface area (TPSA) is 24.4 Å². The second-order valence-corrected chi connectivity index (χ2v) is 6.55. The Bertz CT molecular complexity index is 250. The Labute approximate surface area is 105 Å². The molecule has 2 nitrogen and oxygen atoms in total. The number of aliphatic imine (C=N–C) groups is 1. The normalized spacial score (nSPS) is 29.8. The van der Waals surface area contributed by atoms with Crippen LogP contribution in [0.4, 0.5) is 0 Å². The van der Waals surface area contributed by atoms with Gasteiger partial charge in [-0.2, -0.15) is 0 Å². The number of rotatable bonds is 5. The second kappa shape index (κ2) is 5.95. The lowest BCUT2D eigenvalue weighted by atomic mass is 10.0. The number of thioether (sulfide) groups is 1. The van der Waals surface area contributed by atoms with Crippen LogP contribution in [0.3, 0.4) is 0 Å². The Balaban J connectivity index is 2.40. The molecular weight excluding hydrogens is 216 g/mol. The molecule has 0 amide bonds. The van der Waals surface area contributed by atoms with Gasteiger partial charge in [-0.25, -0.2) is 0 Å². The zero-order valence-corrected chi connectivity index (χ0v) is 12.2. The van der Waals surface area contributed by atoms with E-state index < -0.39 is 0 Å². The highest BCUT2D eigenvalue weighted by molar-refractivity contribution is 8.14. The number of hydrogen-bond acceptors (Lipinski definition) is 2. The van der Waals surface area contributed by atoms with Gasteiger partial charge in [0.15, 0.2) is 5.17 Å². The molecule has 1 N–H and O–H groups in total. The van der Waals surface area contributed by atoms with Crippen molar-refractivity contribution in [3.8, 4) is 0 Å². The molecule has 2 unspecified atom stereocenters. The van der Waals surface area contributed by atoms with Gasteiger partial charge in [-0.05, 0) is 39.0 Å². The lowest BCUT2D eigenvalue weighted by Gasteiger charge is -2.21. The van der Waals surface area contributed by atoms with Gasteiger partial charge >= 0.3 is 0 Å². The van der Waals surface area contributed by atoms with E-state index in [2.05, 4.69) is 39.9 Å². The Kier molecular flexibility index (Phi) is 5.16. The lowest BCUT2D eigenvalue weighted by molar-refractivity contribution is 0.463. The smallest absolute Gasteiger partial charge is 0.157 e. The maximum atomic E-state index is 4.76. The zero-order valence-electron chi connectivity index (χ0n) is 11.3. The molecule has 0 aromatic heterocycles. The summed E-state index contributed by atoms with van der Waals surface area (Å²) in [7, 11) is 0. The fourth-order valence-electron chi connectivity index (χ4n) is 1.66. The van der Waals surface area contributed by atoms with Gasteiger partial charge in [-0.3, -0.25) is 4.99 Å². The van der Waals surface area contributed by atoms with Crippen LogP contribution in [0.2, 0.25) is 0 Å². The molecule has 1 rings (SSSR count). The van der Waals surface area contributed by atoms with E-state index >= 15 is 0 Å². The van der Waals surface area contributed by atoms with E-state index in [1.807, 2.05) is 11.8 Å². The largest absolute Gasteiger partial charge is 0.359 e. The van der Waals surface area contributed by atoms with E-state index in [1.54, 1.807) is 0 Å². The molecule has 1 fully saturated rings. The predicted octanol–water partition coefficient (Wildman–Crippen LogP) is 3.67. The van der Waals surface area contributed by atoms with Crippen LogP contribution in [0.15, 0.2) is 4.99 Å². The molecule has 2 atom stereocenters. The lowest BCUT2D eigenvalue weighted by Crippen LogP contribution is -2.39. The van der Waals surface area contributed by atoms with Gasteiger partial charge < -0.3 is 5.32 Å². The Hall–Kier alpha value is -0.180. The average Bonchev–Trinajstić information content (AvgIpc) is 2.58. The highest BCUT2D eigenvalue weighted by Crippen LogP contribution is 2.26. The molecule has 0 saturated carbocycles. The Morgan fingerprint density at radius 2 is 2.06 bits per heavy atom. The maximum absolute atomic E-state index is 4.76. The van der Waals surface area contributed by atoms with E-state index in [4.69, 9.17) is 4.99 Å². The summed E-state index contributed by atoms with van der Waals surface area (Å²) in [5, 5.41) is 4.70. The molecule has 1 aliphatic rings. The van der Waals surface area contributed by atoms with Crippen molar-refractivity contribution in [1.29, 1.82) is 0 Å². The van der Waals surface area contributed by atoms with Crippen molar-refractivity contribution in [2.75, 3.05) is 5.75 Å². The minimum Gasteiger partial charge on any atom is -0.359 e. The first kappa shape index (κ1) is 13.9. The van der Waals surface area contributed by atoms with Crippen LogP contribution < -0.4 is 5.32 Å².